The van der Waals surface area contributed by atoms with Crippen LogP contribution >= 0.6 is 11.6 Å². The molecule has 0 N–H and O–H groups in total. The van der Waals surface area contributed by atoms with E-state index in [4.69, 9.17) is 11.6 Å². The number of anilines is 1. The fraction of sp³-hybridized carbons (Fsp3) is 0.222. The minimum atomic E-state index is -0.343. The van der Waals surface area contributed by atoms with Crippen LogP contribution in [0.25, 0.3) is 0 Å². The Kier molecular flexibility index (Phi) is 2.32. The average Bonchev–Trinajstić information content (AvgIpc) is 2.44. The highest BCUT2D eigenvalue weighted by molar-refractivity contribution is 6.29. The molecule has 2 rings (SSSR count). The number of rotatable bonds is 1. The second-order valence-corrected chi connectivity index (χ2v) is 3.59. The first-order chi connectivity index (χ1) is 7.09. The predicted octanol–water partition coefficient (Wildman–Crippen LogP) is 1.13. The molecule has 0 unspecified atom stereocenters. The van der Waals surface area contributed by atoms with Crippen molar-refractivity contribution >= 4 is 29.2 Å². The zero-order chi connectivity index (χ0) is 11.0. The monoisotopic (exact) mass is 225 g/mol. The lowest BCUT2D eigenvalue weighted by Gasteiger charge is -2.13. The van der Waals surface area contributed by atoms with Crippen LogP contribution in [0.15, 0.2) is 18.3 Å². The Morgan fingerprint density at radius 1 is 1.40 bits per heavy atom. The van der Waals surface area contributed by atoms with Gasteiger partial charge in [-0.1, -0.05) is 11.6 Å². The second-order valence-electron chi connectivity index (χ2n) is 3.21. The molecule has 1 aliphatic rings. The molecule has 1 aromatic heterocycles. The van der Waals surface area contributed by atoms with Crippen LogP contribution in [0.4, 0.5) is 10.5 Å². The highest BCUT2D eigenvalue weighted by atomic mass is 35.5. The lowest BCUT2D eigenvalue weighted by atomic mass is 10.4. The summed E-state index contributed by atoms with van der Waals surface area (Å²) >= 11 is 5.61. The van der Waals surface area contributed by atoms with E-state index in [-0.39, 0.29) is 18.5 Å². The molecule has 0 aliphatic carbocycles. The van der Waals surface area contributed by atoms with Crippen molar-refractivity contribution in [2.24, 2.45) is 0 Å². The first kappa shape index (κ1) is 9.92. The van der Waals surface area contributed by atoms with Crippen LogP contribution < -0.4 is 4.90 Å². The minimum absolute atomic E-state index is 0.0987. The number of urea groups is 1. The summed E-state index contributed by atoms with van der Waals surface area (Å²) in [6.07, 6.45) is 1.40. The van der Waals surface area contributed by atoms with Gasteiger partial charge in [0.25, 0.3) is 5.91 Å². The number of imide groups is 1. The Morgan fingerprint density at radius 2 is 2.13 bits per heavy atom. The van der Waals surface area contributed by atoms with E-state index in [0.717, 1.165) is 4.90 Å². The van der Waals surface area contributed by atoms with E-state index in [1.807, 2.05) is 0 Å². The van der Waals surface area contributed by atoms with Gasteiger partial charge in [0, 0.05) is 7.05 Å². The SMILES string of the molecule is CN1CC(=O)N(c2ccc(Cl)nc2)C1=O. The van der Waals surface area contributed by atoms with Crippen LogP contribution in [0.3, 0.4) is 0 Å². The van der Waals surface area contributed by atoms with Gasteiger partial charge in [0.05, 0.1) is 11.9 Å². The standard InChI is InChI=1S/C9H8ClN3O2/c1-12-5-8(14)13(9(12)15)6-2-3-7(10)11-4-6/h2-4H,5H2,1H3. The number of carbonyl (C=O) groups excluding carboxylic acids is 2. The van der Waals surface area contributed by atoms with Crippen LogP contribution in [0.2, 0.25) is 5.15 Å². The van der Waals surface area contributed by atoms with Gasteiger partial charge < -0.3 is 4.90 Å². The molecule has 6 heteroatoms. The predicted molar refractivity (Wildman–Crippen MR) is 54.8 cm³/mol. The maximum Gasteiger partial charge on any atom is 0.331 e. The first-order valence-corrected chi connectivity index (χ1v) is 4.67. The molecule has 0 bridgehead atoms. The van der Waals surface area contributed by atoms with Crippen LogP contribution in [0.1, 0.15) is 0 Å². The van der Waals surface area contributed by atoms with Crippen molar-refractivity contribution < 1.29 is 9.59 Å². The molecule has 15 heavy (non-hydrogen) atoms. The number of nitrogens with zero attached hydrogens (tertiary/aromatic N) is 3. The fourth-order valence-electron chi connectivity index (χ4n) is 1.37. The first-order valence-electron chi connectivity index (χ1n) is 4.29. The summed E-state index contributed by atoms with van der Waals surface area (Å²) in [6.45, 7) is 0.0987. The number of amides is 3. The highest BCUT2D eigenvalue weighted by Gasteiger charge is 2.34. The summed E-state index contributed by atoms with van der Waals surface area (Å²) in [5.41, 5.74) is 0.443. The largest absolute Gasteiger partial charge is 0.331 e. The zero-order valence-electron chi connectivity index (χ0n) is 7.98. The molecule has 0 atom stereocenters. The van der Waals surface area contributed by atoms with E-state index in [1.54, 1.807) is 13.1 Å². The van der Waals surface area contributed by atoms with Crippen LogP contribution in [-0.4, -0.2) is 35.4 Å². The maximum atomic E-state index is 11.6. The molecule has 1 aliphatic heterocycles. The maximum absolute atomic E-state index is 11.6. The van der Waals surface area contributed by atoms with Crippen molar-refractivity contribution in [3.63, 3.8) is 0 Å². The minimum Gasteiger partial charge on any atom is -0.318 e. The molecule has 5 nitrogen and oxygen atoms in total. The number of halogens is 1. The topological polar surface area (TPSA) is 53.5 Å². The van der Waals surface area contributed by atoms with E-state index in [1.165, 1.54) is 17.2 Å². The molecule has 1 fully saturated rings. The number of aromatic nitrogens is 1. The van der Waals surface area contributed by atoms with Crippen molar-refractivity contribution in [1.82, 2.24) is 9.88 Å². The van der Waals surface area contributed by atoms with Crippen LogP contribution in [0, 0.1) is 0 Å². The van der Waals surface area contributed by atoms with Crippen LogP contribution in [0.5, 0.6) is 0 Å². The summed E-state index contributed by atoms with van der Waals surface area (Å²) in [5.74, 6) is -0.258. The zero-order valence-corrected chi connectivity index (χ0v) is 8.73. The highest BCUT2D eigenvalue weighted by Crippen LogP contribution is 2.20. The summed E-state index contributed by atoms with van der Waals surface area (Å²) in [7, 11) is 1.57. The van der Waals surface area contributed by atoms with Gasteiger partial charge in [0.15, 0.2) is 0 Å². The summed E-state index contributed by atoms with van der Waals surface area (Å²) in [5, 5.41) is 0.325. The fourth-order valence-corrected chi connectivity index (χ4v) is 1.49. The molecule has 0 saturated carbocycles. The van der Waals surface area contributed by atoms with Gasteiger partial charge in [-0.15, -0.1) is 0 Å². The smallest absolute Gasteiger partial charge is 0.318 e. The number of pyridine rings is 1. The Hall–Kier alpha value is -1.62. The summed E-state index contributed by atoms with van der Waals surface area (Å²) in [6, 6.07) is 2.78. The summed E-state index contributed by atoms with van der Waals surface area (Å²) in [4.78, 5) is 29.3. The van der Waals surface area contributed by atoms with E-state index in [2.05, 4.69) is 4.98 Å². The van der Waals surface area contributed by atoms with Crippen molar-refractivity contribution in [2.45, 2.75) is 0 Å². The van der Waals surface area contributed by atoms with Gasteiger partial charge in [-0.25, -0.2) is 14.7 Å². The molecule has 3 amide bonds. The van der Waals surface area contributed by atoms with Gasteiger partial charge in [0.1, 0.15) is 11.7 Å². The number of likely N-dealkylation sites (N-methyl/N-ethyl adjacent to an activating group) is 1. The van der Waals surface area contributed by atoms with Crippen molar-refractivity contribution in [1.29, 1.82) is 0 Å². The molecule has 1 saturated heterocycles. The van der Waals surface area contributed by atoms with Crippen molar-refractivity contribution in [3.05, 3.63) is 23.5 Å². The molecule has 0 spiro atoms. The molecular weight excluding hydrogens is 218 g/mol. The van der Waals surface area contributed by atoms with Gasteiger partial charge in [-0.05, 0) is 12.1 Å². The Balaban J connectivity index is 2.35. The number of hydrogen-bond donors (Lipinski definition) is 0. The Labute approximate surface area is 91.3 Å². The third-order valence-corrected chi connectivity index (χ3v) is 2.33. The molecule has 78 valence electrons. The van der Waals surface area contributed by atoms with Crippen molar-refractivity contribution in [2.75, 3.05) is 18.5 Å². The van der Waals surface area contributed by atoms with Gasteiger partial charge in [-0.3, -0.25) is 4.79 Å². The Morgan fingerprint density at radius 3 is 2.60 bits per heavy atom. The molecule has 0 radical (unpaired) electrons. The molecular formula is C9H8ClN3O2. The van der Waals surface area contributed by atoms with E-state index < -0.39 is 0 Å². The molecule has 2 heterocycles. The number of carbonyl (C=O) groups is 2. The molecule has 1 aromatic rings. The lowest BCUT2D eigenvalue weighted by Crippen LogP contribution is -2.31. The van der Waals surface area contributed by atoms with E-state index >= 15 is 0 Å². The van der Waals surface area contributed by atoms with Crippen LogP contribution in [-0.2, 0) is 4.79 Å². The van der Waals surface area contributed by atoms with Gasteiger partial charge >= 0.3 is 6.03 Å². The quantitative estimate of drug-likeness (QED) is 0.532. The van der Waals surface area contributed by atoms with Gasteiger partial charge in [-0.2, -0.15) is 0 Å². The van der Waals surface area contributed by atoms with E-state index in [9.17, 15) is 9.59 Å². The Bertz CT molecular complexity index is 418. The second kappa shape index (κ2) is 3.51. The lowest BCUT2D eigenvalue weighted by molar-refractivity contribution is -0.116. The van der Waals surface area contributed by atoms with E-state index in [0.29, 0.717) is 10.8 Å². The normalized spacial score (nSPS) is 16.4. The molecule has 0 aromatic carbocycles. The van der Waals surface area contributed by atoms with Crippen molar-refractivity contribution in [3.8, 4) is 0 Å². The third-order valence-electron chi connectivity index (χ3n) is 2.11. The third kappa shape index (κ3) is 1.66. The van der Waals surface area contributed by atoms with Gasteiger partial charge in [0.2, 0.25) is 0 Å². The average molecular weight is 226 g/mol. The number of hydrogen-bond acceptors (Lipinski definition) is 3. The summed E-state index contributed by atoms with van der Waals surface area (Å²) < 4.78 is 0.